The number of likely N-dealkylation sites (tertiary alicyclic amines) is 1. The minimum Gasteiger partial charge on any atom is -0.338 e. The Morgan fingerprint density at radius 1 is 1.33 bits per heavy atom. The molecule has 0 saturated carbocycles. The van der Waals surface area contributed by atoms with Crippen LogP contribution in [0.15, 0.2) is 24.3 Å². The van der Waals surface area contributed by atoms with Crippen LogP contribution in [0.1, 0.15) is 40.5 Å². The number of hydrogen-bond acceptors (Lipinski definition) is 4. The number of carbonyl (C=O) groups is 1. The molecule has 1 atom stereocenters. The van der Waals surface area contributed by atoms with Crippen molar-refractivity contribution >= 4 is 16.9 Å². The molecule has 124 valence electrons. The van der Waals surface area contributed by atoms with E-state index >= 15 is 0 Å². The van der Waals surface area contributed by atoms with E-state index in [9.17, 15) is 4.79 Å². The maximum absolute atomic E-state index is 12.9. The first-order valence-corrected chi connectivity index (χ1v) is 8.22. The van der Waals surface area contributed by atoms with Gasteiger partial charge in [-0.05, 0) is 44.0 Å². The Labute approximate surface area is 139 Å². The number of aryl methyl sites for hydroxylation is 2. The van der Waals surface area contributed by atoms with Crippen LogP contribution in [0.25, 0.3) is 11.0 Å². The lowest BCUT2D eigenvalue weighted by molar-refractivity contribution is 0.0706. The van der Waals surface area contributed by atoms with Crippen molar-refractivity contribution in [1.82, 2.24) is 30.1 Å². The fourth-order valence-corrected chi connectivity index (χ4v) is 3.41. The third kappa shape index (κ3) is 2.55. The summed E-state index contributed by atoms with van der Waals surface area (Å²) in [4.78, 5) is 14.8. The largest absolute Gasteiger partial charge is 0.338 e. The molecule has 3 heterocycles. The number of nitrogens with zero attached hydrogens (tertiary/aromatic N) is 5. The number of piperidine rings is 1. The van der Waals surface area contributed by atoms with Crippen molar-refractivity contribution in [3.05, 3.63) is 41.2 Å². The molecule has 1 amide bonds. The number of fused-ring (bicyclic) bond motifs is 1. The van der Waals surface area contributed by atoms with E-state index < -0.39 is 0 Å². The van der Waals surface area contributed by atoms with E-state index in [0.29, 0.717) is 18.0 Å². The van der Waals surface area contributed by atoms with Gasteiger partial charge in [0, 0.05) is 37.3 Å². The first kappa shape index (κ1) is 14.9. The second-order valence-corrected chi connectivity index (χ2v) is 6.48. The van der Waals surface area contributed by atoms with Crippen LogP contribution < -0.4 is 0 Å². The molecule has 0 bridgehead atoms. The van der Waals surface area contributed by atoms with Crippen molar-refractivity contribution in [2.75, 3.05) is 13.1 Å². The van der Waals surface area contributed by atoms with Gasteiger partial charge in [0.2, 0.25) is 0 Å². The summed E-state index contributed by atoms with van der Waals surface area (Å²) in [5, 5.41) is 15.5. The minimum atomic E-state index is 0.0551. The van der Waals surface area contributed by atoms with Gasteiger partial charge in [0.25, 0.3) is 5.91 Å². The highest BCUT2D eigenvalue weighted by atomic mass is 16.2. The van der Waals surface area contributed by atoms with E-state index in [1.807, 2.05) is 37.1 Å². The van der Waals surface area contributed by atoms with Crippen molar-refractivity contribution in [2.45, 2.75) is 25.7 Å². The zero-order chi connectivity index (χ0) is 16.7. The van der Waals surface area contributed by atoms with Crippen LogP contribution in [0.5, 0.6) is 0 Å². The summed E-state index contributed by atoms with van der Waals surface area (Å²) in [5.41, 5.74) is 4.45. The molecule has 7 nitrogen and oxygen atoms in total. The Balaban J connectivity index is 1.56. The molecule has 1 N–H and O–H groups in total. The predicted octanol–water partition coefficient (Wildman–Crippen LogP) is 2.02. The molecule has 2 aromatic heterocycles. The van der Waals surface area contributed by atoms with Crippen molar-refractivity contribution in [3.63, 3.8) is 0 Å². The highest BCUT2D eigenvalue weighted by molar-refractivity contribution is 5.97. The van der Waals surface area contributed by atoms with Gasteiger partial charge in [0.05, 0.1) is 11.2 Å². The van der Waals surface area contributed by atoms with Gasteiger partial charge in [-0.15, -0.1) is 5.10 Å². The maximum atomic E-state index is 12.9. The third-order valence-electron chi connectivity index (χ3n) is 4.71. The summed E-state index contributed by atoms with van der Waals surface area (Å²) in [6, 6.07) is 7.66. The SMILES string of the molecule is Cc1cc([C@@H]2CCCN(C(=O)c3ccc4c(c3)nnn4C)C2)n[nH]1. The molecule has 0 aliphatic carbocycles. The summed E-state index contributed by atoms with van der Waals surface area (Å²) in [6.07, 6.45) is 2.06. The van der Waals surface area contributed by atoms with E-state index in [4.69, 9.17) is 0 Å². The zero-order valence-electron chi connectivity index (χ0n) is 13.9. The number of hydrogen-bond donors (Lipinski definition) is 1. The van der Waals surface area contributed by atoms with E-state index in [2.05, 4.69) is 26.6 Å². The van der Waals surface area contributed by atoms with Gasteiger partial charge in [-0.1, -0.05) is 5.21 Å². The average molecular weight is 324 g/mol. The number of amides is 1. The molecule has 1 aliphatic rings. The van der Waals surface area contributed by atoms with Gasteiger partial charge in [-0.3, -0.25) is 9.89 Å². The Bertz CT molecular complexity index is 896. The van der Waals surface area contributed by atoms with Crippen molar-refractivity contribution in [3.8, 4) is 0 Å². The lowest BCUT2D eigenvalue weighted by Gasteiger charge is -2.32. The zero-order valence-corrected chi connectivity index (χ0v) is 13.9. The predicted molar refractivity (Wildman–Crippen MR) is 89.7 cm³/mol. The molecule has 3 aromatic rings. The molecule has 1 aliphatic heterocycles. The van der Waals surface area contributed by atoms with Gasteiger partial charge in [-0.2, -0.15) is 5.10 Å². The van der Waals surface area contributed by atoms with Crippen molar-refractivity contribution < 1.29 is 4.79 Å². The quantitative estimate of drug-likeness (QED) is 0.782. The van der Waals surface area contributed by atoms with Gasteiger partial charge in [-0.25, -0.2) is 4.68 Å². The van der Waals surface area contributed by atoms with E-state index in [1.54, 1.807) is 4.68 Å². The highest BCUT2D eigenvalue weighted by Gasteiger charge is 2.27. The van der Waals surface area contributed by atoms with E-state index in [-0.39, 0.29) is 5.91 Å². The highest BCUT2D eigenvalue weighted by Crippen LogP contribution is 2.27. The van der Waals surface area contributed by atoms with Crippen LogP contribution in [-0.4, -0.2) is 49.1 Å². The first-order chi connectivity index (χ1) is 11.6. The number of aromatic amines is 1. The standard InChI is InChI=1S/C17H20N6O/c1-11-8-14(19-18-11)13-4-3-7-23(10-13)17(24)12-5-6-16-15(9-12)20-21-22(16)2/h5-6,8-9,13H,3-4,7,10H2,1-2H3,(H,18,19)/t13-/m1/s1. The lowest BCUT2D eigenvalue weighted by Crippen LogP contribution is -2.39. The van der Waals surface area contributed by atoms with Crippen LogP contribution >= 0.6 is 0 Å². The van der Waals surface area contributed by atoms with E-state index in [0.717, 1.165) is 41.8 Å². The van der Waals surface area contributed by atoms with Crippen LogP contribution in [0.3, 0.4) is 0 Å². The molecular weight excluding hydrogens is 304 g/mol. The molecular formula is C17H20N6O. The summed E-state index contributed by atoms with van der Waals surface area (Å²) in [6.45, 7) is 3.50. The molecule has 7 heteroatoms. The number of nitrogens with one attached hydrogen (secondary N) is 1. The summed E-state index contributed by atoms with van der Waals surface area (Å²) in [7, 11) is 1.85. The smallest absolute Gasteiger partial charge is 0.253 e. The Morgan fingerprint density at radius 3 is 3.00 bits per heavy atom. The topological polar surface area (TPSA) is 79.7 Å². The summed E-state index contributed by atoms with van der Waals surface area (Å²) < 4.78 is 1.71. The van der Waals surface area contributed by atoms with Crippen LogP contribution in [-0.2, 0) is 7.05 Å². The molecule has 0 spiro atoms. The minimum absolute atomic E-state index is 0.0551. The molecule has 24 heavy (non-hydrogen) atoms. The normalized spacial score (nSPS) is 18.2. The van der Waals surface area contributed by atoms with Crippen molar-refractivity contribution in [2.24, 2.45) is 7.05 Å². The Kier molecular flexibility index (Phi) is 3.55. The monoisotopic (exact) mass is 324 g/mol. The van der Waals surface area contributed by atoms with Gasteiger partial charge < -0.3 is 4.90 Å². The summed E-state index contributed by atoms with van der Waals surface area (Å²) in [5.74, 6) is 0.354. The van der Waals surface area contributed by atoms with Crippen molar-refractivity contribution in [1.29, 1.82) is 0 Å². The Morgan fingerprint density at radius 2 is 2.21 bits per heavy atom. The fraction of sp³-hybridized carbons (Fsp3) is 0.412. The fourth-order valence-electron chi connectivity index (χ4n) is 3.41. The van der Waals surface area contributed by atoms with Gasteiger partial charge in [0.1, 0.15) is 5.52 Å². The lowest BCUT2D eigenvalue weighted by atomic mass is 9.94. The Hall–Kier alpha value is -2.70. The van der Waals surface area contributed by atoms with Gasteiger partial charge in [0.15, 0.2) is 0 Å². The summed E-state index contributed by atoms with van der Waals surface area (Å²) >= 11 is 0. The molecule has 0 unspecified atom stereocenters. The number of H-pyrrole nitrogens is 1. The molecule has 1 saturated heterocycles. The number of benzene rings is 1. The van der Waals surface area contributed by atoms with Crippen LogP contribution in [0.2, 0.25) is 0 Å². The second-order valence-electron chi connectivity index (χ2n) is 6.48. The molecule has 1 aromatic carbocycles. The third-order valence-corrected chi connectivity index (χ3v) is 4.71. The molecule has 1 fully saturated rings. The average Bonchev–Trinajstić information content (AvgIpc) is 3.20. The van der Waals surface area contributed by atoms with E-state index in [1.165, 1.54) is 0 Å². The van der Waals surface area contributed by atoms with Crippen LogP contribution in [0, 0.1) is 6.92 Å². The molecule has 4 rings (SSSR count). The van der Waals surface area contributed by atoms with Crippen LogP contribution in [0.4, 0.5) is 0 Å². The first-order valence-electron chi connectivity index (χ1n) is 8.22. The molecule has 0 radical (unpaired) electrons. The number of carbonyl (C=O) groups excluding carboxylic acids is 1. The number of aromatic nitrogens is 5. The number of rotatable bonds is 2. The maximum Gasteiger partial charge on any atom is 0.253 e. The van der Waals surface area contributed by atoms with Gasteiger partial charge >= 0.3 is 0 Å². The second kappa shape index (κ2) is 5.74.